The monoisotopic (exact) mass is 452 g/mol. The summed E-state index contributed by atoms with van der Waals surface area (Å²) in [5.74, 6) is 0.245. The van der Waals surface area contributed by atoms with Gasteiger partial charge >= 0.3 is 6.18 Å². The normalized spacial score (nSPS) is 11.2. The van der Waals surface area contributed by atoms with Crippen molar-refractivity contribution in [1.82, 2.24) is 24.6 Å². The number of carbonyl (C=O) groups excluding carboxylic acids is 1. The van der Waals surface area contributed by atoms with Crippen molar-refractivity contribution in [3.8, 4) is 11.5 Å². The molecule has 0 fully saturated rings. The molecule has 0 atom stereocenters. The van der Waals surface area contributed by atoms with Crippen LogP contribution >= 0.6 is 0 Å². The van der Waals surface area contributed by atoms with Gasteiger partial charge in [0.2, 0.25) is 18.3 Å². The average Bonchev–Trinajstić information content (AvgIpc) is 3.26. The second kappa shape index (κ2) is 8.91. The Kier molecular flexibility index (Phi) is 5.86. The topological polar surface area (TPSA) is 101 Å². The largest absolute Gasteiger partial charge is 0.433 e. The summed E-state index contributed by atoms with van der Waals surface area (Å²) in [6.07, 6.45) is -1.44. The second-order valence-electron chi connectivity index (χ2n) is 6.76. The lowest BCUT2D eigenvalue weighted by Crippen LogP contribution is -2.13. The van der Waals surface area contributed by atoms with Crippen LogP contribution in [0, 0.1) is 6.57 Å². The maximum absolute atomic E-state index is 13.1. The van der Waals surface area contributed by atoms with Gasteiger partial charge in [-0.3, -0.25) is 4.79 Å². The minimum atomic E-state index is -4.60. The molecule has 4 heterocycles. The number of fused-ring (bicyclic) bond motifs is 1. The third-order valence-electron chi connectivity index (χ3n) is 4.40. The van der Waals surface area contributed by atoms with E-state index in [0.29, 0.717) is 17.0 Å². The van der Waals surface area contributed by atoms with Gasteiger partial charge < -0.3 is 15.5 Å². The number of nitrogens with zero attached hydrogens (tertiary/aromatic N) is 6. The molecule has 0 spiro atoms. The van der Waals surface area contributed by atoms with Crippen LogP contribution in [0.3, 0.4) is 0 Å². The summed E-state index contributed by atoms with van der Waals surface area (Å²) in [6.45, 7) is 6.83. The molecule has 0 aromatic carbocycles. The van der Waals surface area contributed by atoms with Gasteiger partial charge in [0.1, 0.15) is 22.7 Å². The van der Waals surface area contributed by atoms with Crippen molar-refractivity contribution in [2.45, 2.75) is 12.6 Å². The lowest BCUT2D eigenvalue weighted by atomic mass is 10.3. The fraction of sp³-hybridized carbons (Fsp3) is 0.143. The van der Waals surface area contributed by atoms with E-state index in [-0.39, 0.29) is 36.2 Å². The van der Waals surface area contributed by atoms with E-state index in [4.69, 9.17) is 6.57 Å². The number of pyridine rings is 2. The summed E-state index contributed by atoms with van der Waals surface area (Å²) in [7, 11) is 0. The van der Waals surface area contributed by atoms with Gasteiger partial charge in [-0.1, -0.05) is 6.07 Å². The Morgan fingerprint density at radius 3 is 2.79 bits per heavy atom. The van der Waals surface area contributed by atoms with Gasteiger partial charge in [0.25, 0.3) is 0 Å². The Balaban J connectivity index is 1.66. The quantitative estimate of drug-likeness (QED) is 0.426. The first-order chi connectivity index (χ1) is 15.8. The van der Waals surface area contributed by atoms with Gasteiger partial charge in [0.15, 0.2) is 5.82 Å². The molecule has 4 aromatic heterocycles. The van der Waals surface area contributed by atoms with Crippen LogP contribution in [0.5, 0.6) is 0 Å². The number of halogens is 3. The van der Waals surface area contributed by atoms with Gasteiger partial charge in [-0.05, 0) is 30.3 Å². The summed E-state index contributed by atoms with van der Waals surface area (Å²) in [5, 5.41) is 9.95. The van der Waals surface area contributed by atoms with E-state index in [2.05, 4.69) is 35.5 Å². The molecule has 0 saturated carbocycles. The van der Waals surface area contributed by atoms with E-state index >= 15 is 0 Å². The minimum absolute atomic E-state index is 0.00553. The van der Waals surface area contributed by atoms with Crippen molar-refractivity contribution in [2.75, 3.05) is 17.2 Å². The third-order valence-corrected chi connectivity index (χ3v) is 4.40. The SMILES string of the molecule is [C-]#[N+]CCC(=O)Nc1cc(Nc2nc(-c3cccc(C(F)(F)F)n3)nn3cccc23)ccn1. The fourth-order valence-electron chi connectivity index (χ4n) is 2.93. The van der Waals surface area contributed by atoms with Crippen LogP contribution in [0.1, 0.15) is 12.1 Å². The van der Waals surface area contributed by atoms with Crippen LogP contribution < -0.4 is 10.6 Å². The minimum Gasteiger partial charge on any atom is -0.338 e. The molecule has 12 heteroatoms. The number of amides is 1. The van der Waals surface area contributed by atoms with Crippen LogP contribution in [0.2, 0.25) is 0 Å². The number of anilines is 3. The van der Waals surface area contributed by atoms with Crippen LogP contribution in [0.4, 0.5) is 30.5 Å². The molecule has 0 bridgehead atoms. The van der Waals surface area contributed by atoms with Crippen molar-refractivity contribution in [1.29, 1.82) is 0 Å². The van der Waals surface area contributed by atoms with E-state index < -0.39 is 11.9 Å². The first-order valence-corrected chi connectivity index (χ1v) is 9.59. The average molecular weight is 452 g/mol. The summed E-state index contributed by atoms with van der Waals surface area (Å²) in [5.41, 5.74) is 0.0184. The maximum atomic E-state index is 13.1. The number of carbonyl (C=O) groups is 1. The zero-order chi connectivity index (χ0) is 23.4. The molecule has 0 unspecified atom stereocenters. The molecule has 9 nitrogen and oxygen atoms in total. The van der Waals surface area contributed by atoms with E-state index in [1.165, 1.54) is 22.8 Å². The van der Waals surface area contributed by atoms with Crippen LogP contribution in [-0.2, 0) is 11.0 Å². The first kappa shape index (κ1) is 21.7. The Morgan fingerprint density at radius 2 is 2.00 bits per heavy atom. The summed E-state index contributed by atoms with van der Waals surface area (Å²) >= 11 is 0. The van der Waals surface area contributed by atoms with Crippen LogP contribution in [-0.4, -0.2) is 37.0 Å². The number of alkyl halides is 3. The molecule has 0 aliphatic carbocycles. The van der Waals surface area contributed by atoms with Crippen molar-refractivity contribution in [3.05, 3.63) is 72.0 Å². The number of rotatable bonds is 6. The van der Waals surface area contributed by atoms with E-state index in [0.717, 1.165) is 6.07 Å². The van der Waals surface area contributed by atoms with Gasteiger partial charge in [0, 0.05) is 24.1 Å². The summed E-state index contributed by atoms with van der Waals surface area (Å²) < 4.78 is 40.7. The molecule has 166 valence electrons. The van der Waals surface area contributed by atoms with Gasteiger partial charge in [0.05, 0.1) is 6.42 Å². The Morgan fingerprint density at radius 1 is 1.15 bits per heavy atom. The van der Waals surface area contributed by atoms with Crippen LogP contribution in [0.25, 0.3) is 21.9 Å². The second-order valence-corrected chi connectivity index (χ2v) is 6.76. The lowest BCUT2D eigenvalue weighted by Gasteiger charge is -2.11. The molecule has 33 heavy (non-hydrogen) atoms. The van der Waals surface area contributed by atoms with E-state index in [1.54, 1.807) is 30.5 Å². The number of hydrogen-bond acceptors (Lipinski definition) is 6. The molecule has 0 radical (unpaired) electrons. The Bertz CT molecular complexity index is 1360. The van der Waals surface area contributed by atoms with Crippen molar-refractivity contribution < 1.29 is 18.0 Å². The number of aromatic nitrogens is 5. The van der Waals surface area contributed by atoms with Gasteiger partial charge in [-0.25, -0.2) is 26.0 Å². The molecular weight excluding hydrogens is 437 g/mol. The molecule has 0 aliphatic heterocycles. The highest BCUT2D eigenvalue weighted by molar-refractivity contribution is 5.90. The molecule has 1 amide bonds. The molecule has 2 N–H and O–H groups in total. The van der Waals surface area contributed by atoms with Gasteiger partial charge in [-0.2, -0.15) is 13.2 Å². The number of hydrogen-bond donors (Lipinski definition) is 2. The highest BCUT2D eigenvalue weighted by Crippen LogP contribution is 2.29. The number of nitrogens with one attached hydrogen (secondary N) is 2. The summed E-state index contributed by atoms with van der Waals surface area (Å²) in [6, 6.07) is 10.2. The predicted molar refractivity (Wildman–Crippen MR) is 113 cm³/mol. The van der Waals surface area contributed by atoms with E-state index in [1.807, 2.05) is 0 Å². The zero-order valence-electron chi connectivity index (χ0n) is 16.8. The maximum Gasteiger partial charge on any atom is 0.433 e. The summed E-state index contributed by atoms with van der Waals surface area (Å²) in [4.78, 5) is 27.1. The molecule has 0 saturated heterocycles. The van der Waals surface area contributed by atoms with Crippen molar-refractivity contribution >= 4 is 28.7 Å². The molecule has 4 rings (SSSR count). The van der Waals surface area contributed by atoms with Crippen molar-refractivity contribution in [2.24, 2.45) is 0 Å². The molecule has 4 aromatic rings. The molecular formula is C21H15F3N8O. The highest BCUT2D eigenvalue weighted by atomic mass is 19.4. The van der Waals surface area contributed by atoms with Crippen LogP contribution in [0.15, 0.2) is 54.9 Å². The zero-order valence-corrected chi connectivity index (χ0v) is 16.8. The van der Waals surface area contributed by atoms with E-state index in [9.17, 15) is 18.0 Å². The molecule has 0 aliphatic rings. The van der Waals surface area contributed by atoms with Crippen molar-refractivity contribution in [3.63, 3.8) is 0 Å². The Labute approximate surface area is 185 Å². The third kappa shape index (κ3) is 5.04. The predicted octanol–water partition coefficient (Wildman–Crippen LogP) is 4.20. The lowest BCUT2D eigenvalue weighted by molar-refractivity contribution is -0.141. The smallest absolute Gasteiger partial charge is 0.338 e. The Hall–Kier alpha value is -4.53. The fourth-order valence-corrected chi connectivity index (χ4v) is 2.93. The highest BCUT2D eigenvalue weighted by Gasteiger charge is 2.32. The first-order valence-electron chi connectivity index (χ1n) is 9.59. The van der Waals surface area contributed by atoms with Gasteiger partial charge in [-0.15, -0.1) is 5.10 Å². The standard InChI is InChI=1S/C21H15F3N8O/c1-25-9-8-18(33)29-17-12-13(7-10-26-17)27-20-15-5-3-11-32(15)31-19(30-20)14-4-2-6-16(28-14)21(22,23)24/h2-7,10-12H,8-9H2,(H2,26,27,29,30,31,33).